The lowest BCUT2D eigenvalue weighted by molar-refractivity contribution is -0.117. The lowest BCUT2D eigenvalue weighted by atomic mass is 10.0. The Bertz CT molecular complexity index is 764. The van der Waals surface area contributed by atoms with E-state index in [1.165, 1.54) is 0 Å². The highest BCUT2D eigenvalue weighted by Gasteiger charge is 2.30. The van der Waals surface area contributed by atoms with Gasteiger partial charge in [0.1, 0.15) is 11.5 Å². The summed E-state index contributed by atoms with van der Waals surface area (Å²) in [5.41, 5.74) is 1.80. The summed E-state index contributed by atoms with van der Waals surface area (Å²) >= 11 is 5.88. The first-order chi connectivity index (χ1) is 12.6. The number of carbonyl (C=O) groups excluding carboxylic acids is 1. The number of nitrogens with zero attached hydrogens (tertiary/aromatic N) is 1. The zero-order valence-electron chi connectivity index (χ0n) is 15.0. The number of likely N-dealkylation sites (tertiary alicyclic amines) is 1. The Labute approximate surface area is 158 Å². The van der Waals surface area contributed by atoms with Crippen LogP contribution in [0.2, 0.25) is 5.02 Å². The van der Waals surface area contributed by atoms with E-state index in [0.717, 1.165) is 42.1 Å². The van der Waals surface area contributed by atoms with Gasteiger partial charge in [-0.1, -0.05) is 11.6 Å². The summed E-state index contributed by atoms with van der Waals surface area (Å²) in [6.45, 7) is 1.20. The van der Waals surface area contributed by atoms with E-state index in [0.29, 0.717) is 11.6 Å². The number of rotatable bonds is 6. The first-order valence-corrected chi connectivity index (χ1v) is 9.00. The predicted molar refractivity (Wildman–Crippen MR) is 103 cm³/mol. The second kappa shape index (κ2) is 8.43. The Morgan fingerprint density at radius 2 is 1.96 bits per heavy atom. The molecule has 2 aromatic rings. The van der Waals surface area contributed by atoms with Crippen LogP contribution in [0.3, 0.4) is 0 Å². The molecule has 3 rings (SSSR count). The van der Waals surface area contributed by atoms with Crippen LogP contribution < -0.4 is 14.8 Å². The number of halogens is 1. The van der Waals surface area contributed by atoms with Crippen LogP contribution in [0.15, 0.2) is 42.5 Å². The van der Waals surface area contributed by atoms with Crippen LogP contribution in [0, 0.1) is 0 Å². The fourth-order valence-corrected chi connectivity index (χ4v) is 3.51. The normalized spacial score (nSPS) is 17.1. The summed E-state index contributed by atoms with van der Waals surface area (Å²) in [5, 5.41) is 3.57. The molecule has 0 saturated carbocycles. The Morgan fingerprint density at radius 3 is 2.65 bits per heavy atom. The standard InChI is InChI=1S/C20H23ClN2O3/c1-25-16-9-10-19(26-2)17(12-16)18-4-3-11-23(18)13-20(24)22-15-7-5-14(21)6-8-15/h5-10,12,18H,3-4,11,13H2,1-2H3,(H,22,24)/t18-/m0/s1. The van der Waals surface area contributed by atoms with Crippen LogP contribution in [-0.2, 0) is 4.79 Å². The van der Waals surface area contributed by atoms with Crippen molar-refractivity contribution in [3.05, 3.63) is 53.1 Å². The van der Waals surface area contributed by atoms with Gasteiger partial charge < -0.3 is 14.8 Å². The first-order valence-electron chi connectivity index (χ1n) is 8.62. The average Bonchev–Trinajstić information content (AvgIpc) is 3.10. The minimum Gasteiger partial charge on any atom is -0.497 e. The Kier molecular flexibility index (Phi) is 6.01. The zero-order chi connectivity index (χ0) is 18.5. The number of carbonyl (C=O) groups is 1. The number of ether oxygens (including phenoxy) is 2. The molecule has 0 aliphatic carbocycles. The molecule has 0 radical (unpaired) electrons. The molecule has 1 heterocycles. The van der Waals surface area contributed by atoms with Gasteiger partial charge in [-0.05, 0) is 61.9 Å². The molecular formula is C20H23ClN2O3. The van der Waals surface area contributed by atoms with Crippen molar-refractivity contribution in [2.45, 2.75) is 18.9 Å². The summed E-state index contributed by atoms with van der Waals surface area (Å²) in [7, 11) is 3.31. The van der Waals surface area contributed by atoms with Gasteiger partial charge in [0.15, 0.2) is 0 Å². The summed E-state index contributed by atoms with van der Waals surface area (Å²) in [6.07, 6.45) is 2.02. The highest BCUT2D eigenvalue weighted by Crippen LogP contribution is 2.38. The fourth-order valence-electron chi connectivity index (χ4n) is 3.39. The summed E-state index contributed by atoms with van der Waals surface area (Å²) in [5.74, 6) is 1.57. The zero-order valence-corrected chi connectivity index (χ0v) is 15.8. The maximum Gasteiger partial charge on any atom is 0.238 e. The van der Waals surface area contributed by atoms with E-state index in [4.69, 9.17) is 21.1 Å². The van der Waals surface area contributed by atoms with Gasteiger partial charge in [0.25, 0.3) is 0 Å². The van der Waals surface area contributed by atoms with Gasteiger partial charge in [0.2, 0.25) is 5.91 Å². The molecule has 1 fully saturated rings. The van der Waals surface area contributed by atoms with Crippen molar-refractivity contribution < 1.29 is 14.3 Å². The third kappa shape index (κ3) is 4.29. The van der Waals surface area contributed by atoms with Crippen molar-refractivity contribution in [1.82, 2.24) is 4.90 Å². The number of anilines is 1. The third-order valence-electron chi connectivity index (χ3n) is 4.63. The largest absolute Gasteiger partial charge is 0.497 e. The van der Waals surface area contributed by atoms with Crippen molar-refractivity contribution in [3.63, 3.8) is 0 Å². The fraction of sp³-hybridized carbons (Fsp3) is 0.350. The van der Waals surface area contributed by atoms with Gasteiger partial charge in [-0.3, -0.25) is 9.69 Å². The number of hydrogen-bond acceptors (Lipinski definition) is 4. The van der Waals surface area contributed by atoms with Gasteiger partial charge in [-0.25, -0.2) is 0 Å². The lowest BCUT2D eigenvalue weighted by Gasteiger charge is -2.26. The highest BCUT2D eigenvalue weighted by molar-refractivity contribution is 6.30. The van der Waals surface area contributed by atoms with E-state index in [-0.39, 0.29) is 11.9 Å². The predicted octanol–water partition coefficient (Wildman–Crippen LogP) is 4.13. The second-order valence-electron chi connectivity index (χ2n) is 6.29. The molecule has 1 amide bonds. The van der Waals surface area contributed by atoms with E-state index < -0.39 is 0 Å². The Balaban J connectivity index is 1.72. The molecule has 5 nitrogen and oxygen atoms in total. The Morgan fingerprint density at radius 1 is 1.19 bits per heavy atom. The van der Waals surface area contributed by atoms with Crippen LogP contribution in [0.5, 0.6) is 11.5 Å². The lowest BCUT2D eigenvalue weighted by Crippen LogP contribution is -2.33. The maximum absolute atomic E-state index is 12.5. The molecule has 1 aliphatic rings. The summed E-state index contributed by atoms with van der Waals surface area (Å²) < 4.78 is 10.9. The molecule has 0 unspecified atom stereocenters. The molecule has 138 valence electrons. The third-order valence-corrected chi connectivity index (χ3v) is 4.89. The van der Waals surface area contributed by atoms with E-state index in [1.54, 1.807) is 38.5 Å². The van der Waals surface area contributed by atoms with Crippen molar-refractivity contribution >= 4 is 23.2 Å². The van der Waals surface area contributed by atoms with Gasteiger partial charge >= 0.3 is 0 Å². The van der Waals surface area contributed by atoms with E-state index in [9.17, 15) is 4.79 Å². The van der Waals surface area contributed by atoms with Crippen molar-refractivity contribution in [2.75, 3.05) is 32.6 Å². The monoisotopic (exact) mass is 374 g/mol. The molecule has 2 aromatic carbocycles. The Hall–Kier alpha value is -2.24. The molecule has 1 aliphatic heterocycles. The first kappa shape index (κ1) is 18.5. The molecule has 1 N–H and O–H groups in total. The molecule has 0 aromatic heterocycles. The molecule has 1 atom stereocenters. The van der Waals surface area contributed by atoms with E-state index in [2.05, 4.69) is 10.2 Å². The van der Waals surface area contributed by atoms with Gasteiger partial charge in [-0.15, -0.1) is 0 Å². The molecule has 1 saturated heterocycles. The molecule has 0 bridgehead atoms. The van der Waals surface area contributed by atoms with Crippen LogP contribution in [0.1, 0.15) is 24.4 Å². The van der Waals surface area contributed by atoms with Gasteiger partial charge in [0.05, 0.1) is 20.8 Å². The van der Waals surface area contributed by atoms with Crippen LogP contribution >= 0.6 is 11.6 Å². The number of amides is 1. The minimum atomic E-state index is -0.0407. The van der Waals surface area contributed by atoms with E-state index in [1.807, 2.05) is 18.2 Å². The van der Waals surface area contributed by atoms with Crippen molar-refractivity contribution in [1.29, 1.82) is 0 Å². The molecule has 26 heavy (non-hydrogen) atoms. The quantitative estimate of drug-likeness (QED) is 0.825. The van der Waals surface area contributed by atoms with Crippen molar-refractivity contribution in [2.24, 2.45) is 0 Å². The SMILES string of the molecule is COc1ccc(OC)c([C@@H]2CCCN2CC(=O)Nc2ccc(Cl)cc2)c1. The topological polar surface area (TPSA) is 50.8 Å². The maximum atomic E-state index is 12.5. The van der Waals surface area contributed by atoms with Crippen LogP contribution in [-0.4, -0.2) is 38.1 Å². The number of nitrogens with one attached hydrogen (secondary N) is 1. The number of benzene rings is 2. The highest BCUT2D eigenvalue weighted by atomic mass is 35.5. The van der Waals surface area contributed by atoms with Crippen LogP contribution in [0.4, 0.5) is 5.69 Å². The molecule has 0 spiro atoms. The summed E-state index contributed by atoms with van der Waals surface area (Å²) in [6, 6.07) is 13.1. The molecular weight excluding hydrogens is 352 g/mol. The smallest absolute Gasteiger partial charge is 0.238 e. The summed E-state index contributed by atoms with van der Waals surface area (Å²) in [4.78, 5) is 14.6. The molecule has 6 heteroatoms. The second-order valence-corrected chi connectivity index (χ2v) is 6.73. The number of methoxy groups -OCH3 is 2. The van der Waals surface area contributed by atoms with Gasteiger partial charge in [-0.2, -0.15) is 0 Å². The minimum absolute atomic E-state index is 0.0407. The van der Waals surface area contributed by atoms with Crippen molar-refractivity contribution in [3.8, 4) is 11.5 Å². The number of hydrogen-bond donors (Lipinski definition) is 1. The van der Waals surface area contributed by atoms with Crippen LogP contribution in [0.25, 0.3) is 0 Å². The van der Waals surface area contributed by atoms with E-state index >= 15 is 0 Å². The average molecular weight is 375 g/mol. The van der Waals surface area contributed by atoms with Gasteiger partial charge in [0, 0.05) is 22.3 Å².